The number of aliphatic hydroxyl groups is 1. The zero-order valence-corrected chi connectivity index (χ0v) is 12.5. The van der Waals surface area contributed by atoms with Crippen LogP contribution >= 0.6 is 0 Å². The van der Waals surface area contributed by atoms with Crippen LogP contribution in [0.1, 0.15) is 45.1 Å². The number of hydrogen-bond acceptors (Lipinski definition) is 2. The molecular weight excluding hydrogens is 281 g/mol. The second-order valence-electron chi connectivity index (χ2n) is 5.30. The first kappa shape index (κ1) is 17.8. The molecule has 1 atom stereocenters. The zero-order valence-electron chi connectivity index (χ0n) is 12.5. The smallest absolute Gasteiger partial charge is 0.406 e. The van der Waals surface area contributed by atoms with Crippen LogP contribution < -0.4 is 4.74 Å². The first-order valence-corrected chi connectivity index (χ1v) is 7.38. The number of aliphatic hydroxyl groups excluding tert-OH is 1. The van der Waals surface area contributed by atoms with Crippen molar-refractivity contribution in [1.29, 1.82) is 0 Å². The van der Waals surface area contributed by atoms with Crippen molar-refractivity contribution in [3.8, 4) is 5.75 Å². The van der Waals surface area contributed by atoms with Crippen molar-refractivity contribution in [2.75, 3.05) is 0 Å². The molecule has 5 heteroatoms. The van der Waals surface area contributed by atoms with Gasteiger partial charge in [0, 0.05) is 0 Å². The van der Waals surface area contributed by atoms with Crippen LogP contribution in [0.2, 0.25) is 0 Å². The van der Waals surface area contributed by atoms with E-state index in [0.717, 1.165) is 31.2 Å². The van der Waals surface area contributed by atoms with E-state index in [0.29, 0.717) is 6.42 Å². The summed E-state index contributed by atoms with van der Waals surface area (Å²) in [5, 5.41) is 10.3. The van der Waals surface area contributed by atoms with Crippen LogP contribution in [0.15, 0.2) is 24.3 Å². The highest BCUT2D eigenvalue weighted by Crippen LogP contribution is 2.25. The molecule has 0 aliphatic heterocycles. The molecule has 2 nitrogen and oxygen atoms in total. The summed E-state index contributed by atoms with van der Waals surface area (Å²) in [6.07, 6.45) is -0.723. The number of alkyl halides is 3. The van der Waals surface area contributed by atoms with E-state index in [4.69, 9.17) is 0 Å². The van der Waals surface area contributed by atoms with Crippen molar-refractivity contribution in [3.63, 3.8) is 0 Å². The molecule has 0 radical (unpaired) electrons. The van der Waals surface area contributed by atoms with Crippen molar-refractivity contribution in [2.45, 2.75) is 58.4 Å². The van der Waals surface area contributed by atoms with Gasteiger partial charge in [0.2, 0.25) is 0 Å². The van der Waals surface area contributed by atoms with E-state index >= 15 is 0 Å². The molecule has 1 rings (SSSR count). The number of hydrogen-bond donors (Lipinski definition) is 1. The van der Waals surface area contributed by atoms with Crippen LogP contribution in [0, 0.1) is 5.92 Å². The quantitative estimate of drug-likeness (QED) is 0.754. The molecule has 120 valence electrons. The summed E-state index contributed by atoms with van der Waals surface area (Å²) in [7, 11) is 0. The average Bonchev–Trinajstić information content (AvgIpc) is 2.39. The molecule has 0 saturated carbocycles. The lowest BCUT2D eigenvalue weighted by Gasteiger charge is -2.22. The Morgan fingerprint density at radius 3 is 2.00 bits per heavy atom. The number of halogens is 3. The van der Waals surface area contributed by atoms with Crippen LogP contribution in [-0.2, 0) is 6.42 Å². The zero-order chi connectivity index (χ0) is 15.9. The van der Waals surface area contributed by atoms with Gasteiger partial charge in [-0.25, -0.2) is 0 Å². The van der Waals surface area contributed by atoms with E-state index in [1.807, 2.05) is 0 Å². The van der Waals surface area contributed by atoms with Crippen LogP contribution in [-0.4, -0.2) is 17.6 Å². The fourth-order valence-corrected chi connectivity index (χ4v) is 2.51. The molecule has 0 bridgehead atoms. The SMILES string of the molecule is CCCC(CCC)C(O)Cc1ccc(OC(F)(F)F)cc1. The molecule has 0 heterocycles. The topological polar surface area (TPSA) is 29.5 Å². The molecule has 0 amide bonds. The van der Waals surface area contributed by atoms with Crippen molar-refractivity contribution < 1.29 is 23.0 Å². The second kappa shape index (κ2) is 8.27. The summed E-state index contributed by atoms with van der Waals surface area (Å²) in [6.45, 7) is 4.16. The molecule has 0 saturated heterocycles. The number of rotatable bonds is 8. The van der Waals surface area contributed by atoms with E-state index in [9.17, 15) is 18.3 Å². The van der Waals surface area contributed by atoms with E-state index in [2.05, 4.69) is 18.6 Å². The standard InChI is InChI=1S/C16H23F3O2/c1-3-5-13(6-4-2)15(20)11-12-7-9-14(10-8-12)21-16(17,18)19/h7-10,13,15,20H,3-6,11H2,1-2H3. The highest BCUT2D eigenvalue weighted by atomic mass is 19.4. The summed E-state index contributed by atoms with van der Waals surface area (Å²) in [4.78, 5) is 0. The highest BCUT2D eigenvalue weighted by molar-refractivity contribution is 5.27. The lowest BCUT2D eigenvalue weighted by molar-refractivity contribution is -0.274. The summed E-state index contributed by atoms with van der Waals surface area (Å²) in [5.74, 6) is 0.00510. The Hall–Kier alpha value is -1.23. The Kier molecular flexibility index (Phi) is 7.02. The Morgan fingerprint density at radius 2 is 1.57 bits per heavy atom. The summed E-state index contributed by atoms with van der Waals surface area (Å²) >= 11 is 0. The molecule has 0 spiro atoms. The van der Waals surface area contributed by atoms with Gasteiger partial charge in [0.05, 0.1) is 6.10 Å². The third-order valence-electron chi connectivity index (χ3n) is 3.46. The van der Waals surface area contributed by atoms with Gasteiger partial charge in [-0.2, -0.15) is 0 Å². The fourth-order valence-electron chi connectivity index (χ4n) is 2.51. The van der Waals surface area contributed by atoms with Gasteiger partial charge in [-0.15, -0.1) is 13.2 Å². The van der Waals surface area contributed by atoms with Gasteiger partial charge in [-0.05, 0) is 42.9 Å². The molecule has 0 aliphatic carbocycles. The van der Waals surface area contributed by atoms with Gasteiger partial charge >= 0.3 is 6.36 Å². The Morgan fingerprint density at radius 1 is 1.05 bits per heavy atom. The normalized spacial score (nSPS) is 13.5. The van der Waals surface area contributed by atoms with Gasteiger partial charge in [0.15, 0.2) is 0 Å². The molecular formula is C16H23F3O2. The molecule has 0 aromatic heterocycles. The number of benzene rings is 1. The van der Waals surface area contributed by atoms with E-state index in [1.54, 1.807) is 12.1 Å². The predicted molar refractivity (Wildman–Crippen MR) is 76.1 cm³/mol. The third kappa shape index (κ3) is 6.85. The lowest BCUT2D eigenvalue weighted by atomic mass is 9.89. The van der Waals surface area contributed by atoms with Gasteiger partial charge in [0.1, 0.15) is 5.75 Å². The third-order valence-corrected chi connectivity index (χ3v) is 3.46. The van der Waals surface area contributed by atoms with Crippen molar-refractivity contribution >= 4 is 0 Å². The van der Waals surface area contributed by atoms with E-state index in [-0.39, 0.29) is 11.7 Å². The first-order chi connectivity index (χ1) is 9.85. The highest BCUT2D eigenvalue weighted by Gasteiger charge is 2.31. The van der Waals surface area contributed by atoms with Crippen LogP contribution in [0.4, 0.5) is 13.2 Å². The Bertz CT molecular complexity index is 395. The van der Waals surface area contributed by atoms with Gasteiger partial charge in [-0.3, -0.25) is 0 Å². The minimum absolute atomic E-state index is 0.237. The van der Waals surface area contributed by atoms with Gasteiger partial charge in [0.25, 0.3) is 0 Å². The molecule has 1 unspecified atom stereocenters. The maximum Gasteiger partial charge on any atom is 0.573 e. The summed E-state index contributed by atoms with van der Waals surface area (Å²) in [5.41, 5.74) is 0.814. The molecule has 0 fully saturated rings. The predicted octanol–water partition coefficient (Wildman–Crippen LogP) is 4.71. The van der Waals surface area contributed by atoms with Gasteiger partial charge < -0.3 is 9.84 Å². The van der Waals surface area contributed by atoms with Crippen LogP contribution in [0.25, 0.3) is 0 Å². The molecule has 1 aromatic rings. The van der Waals surface area contributed by atoms with Crippen LogP contribution in [0.5, 0.6) is 5.75 Å². The Labute approximate surface area is 123 Å². The minimum atomic E-state index is -4.67. The van der Waals surface area contributed by atoms with E-state index < -0.39 is 12.5 Å². The molecule has 0 aliphatic rings. The minimum Gasteiger partial charge on any atom is -0.406 e. The second-order valence-corrected chi connectivity index (χ2v) is 5.30. The monoisotopic (exact) mass is 304 g/mol. The van der Waals surface area contributed by atoms with Crippen molar-refractivity contribution in [3.05, 3.63) is 29.8 Å². The largest absolute Gasteiger partial charge is 0.573 e. The van der Waals surface area contributed by atoms with E-state index in [1.165, 1.54) is 12.1 Å². The Balaban J connectivity index is 2.61. The maximum absolute atomic E-state index is 12.1. The molecule has 1 aromatic carbocycles. The molecule has 1 N–H and O–H groups in total. The first-order valence-electron chi connectivity index (χ1n) is 7.38. The maximum atomic E-state index is 12.1. The summed E-state index contributed by atoms with van der Waals surface area (Å²) in [6, 6.07) is 5.70. The molecule has 21 heavy (non-hydrogen) atoms. The lowest BCUT2D eigenvalue weighted by Crippen LogP contribution is -2.23. The average molecular weight is 304 g/mol. The fraction of sp³-hybridized carbons (Fsp3) is 0.625. The van der Waals surface area contributed by atoms with Crippen LogP contribution in [0.3, 0.4) is 0 Å². The van der Waals surface area contributed by atoms with Crippen molar-refractivity contribution in [1.82, 2.24) is 0 Å². The summed E-state index contributed by atoms with van der Waals surface area (Å²) < 4.78 is 40.0. The number of ether oxygens (including phenoxy) is 1. The van der Waals surface area contributed by atoms with Crippen molar-refractivity contribution in [2.24, 2.45) is 5.92 Å². The van der Waals surface area contributed by atoms with Gasteiger partial charge in [-0.1, -0.05) is 38.8 Å².